The highest BCUT2D eigenvalue weighted by molar-refractivity contribution is 5.82. The molecule has 5 nitrogen and oxygen atoms in total. The van der Waals surface area contributed by atoms with Gasteiger partial charge in [0.05, 0.1) is 36.9 Å². The van der Waals surface area contributed by atoms with Crippen molar-refractivity contribution >= 4 is 0 Å². The SMILES string of the molecule is COc1cccc(F)c1-c1c(-c2ccccc2)ncn1Cc1ncc[nH]1. The first-order valence-corrected chi connectivity index (χ1v) is 8.19. The predicted octanol–water partition coefficient (Wildman–Crippen LogP) is 4.14. The quantitative estimate of drug-likeness (QED) is 0.590. The van der Waals surface area contributed by atoms with E-state index in [4.69, 9.17) is 4.74 Å². The summed E-state index contributed by atoms with van der Waals surface area (Å²) in [4.78, 5) is 11.9. The predicted molar refractivity (Wildman–Crippen MR) is 97.3 cm³/mol. The second-order valence-electron chi connectivity index (χ2n) is 5.79. The number of H-pyrrole nitrogens is 1. The zero-order valence-electron chi connectivity index (χ0n) is 14.2. The van der Waals surface area contributed by atoms with E-state index in [2.05, 4.69) is 15.0 Å². The van der Waals surface area contributed by atoms with E-state index >= 15 is 0 Å². The van der Waals surface area contributed by atoms with Crippen molar-refractivity contribution < 1.29 is 9.13 Å². The molecule has 0 aliphatic heterocycles. The Morgan fingerprint density at radius 1 is 1.08 bits per heavy atom. The van der Waals surface area contributed by atoms with Crippen molar-refractivity contribution in [3.63, 3.8) is 0 Å². The molecule has 0 aliphatic carbocycles. The molecule has 1 N–H and O–H groups in total. The average Bonchev–Trinajstić information content (AvgIpc) is 3.33. The number of nitrogens with zero attached hydrogens (tertiary/aromatic N) is 3. The molecule has 26 heavy (non-hydrogen) atoms. The molecule has 2 aromatic heterocycles. The van der Waals surface area contributed by atoms with Gasteiger partial charge >= 0.3 is 0 Å². The number of imidazole rings is 2. The number of halogens is 1. The second-order valence-corrected chi connectivity index (χ2v) is 5.79. The van der Waals surface area contributed by atoms with Crippen molar-refractivity contribution in [1.82, 2.24) is 19.5 Å². The van der Waals surface area contributed by atoms with E-state index in [1.165, 1.54) is 13.2 Å². The lowest BCUT2D eigenvalue weighted by Gasteiger charge is -2.14. The van der Waals surface area contributed by atoms with E-state index in [1.807, 2.05) is 34.9 Å². The minimum atomic E-state index is -0.359. The molecule has 130 valence electrons. The number of hydrogen-bond donors (Lipinski definition) is 1. The highest BCUT2D eigenvalue weighted by Crippen LogP contribution is 2.38. The average molecular weight is 348 g/mol. The number of aromatic nitrogens is 4. The molecular weight excluding hydrogens is 331 g/mol. The Labute approximate surface area is 150 Å². The van der Waals surface area contributed by atoms with Gasteiger partial charge < -0.3 is 14.3 Å². The third kappa shape index (κ3) is 2.86. The summed E-state index contributed by atoms with van der Waals surface area (Å²) in [5, 5.41) is 0. The van der Waals surface area contributed by atoms with Crippen molar-refractivity contribution in [2.45, 2.75) is 6.54 Å². The summed E-state index contributed by atoms with van der Waals surface area (Å²) in [5.41, 5.74) is 2.65. The molecule has 0 unspecified atom stereocenters. The molecule has 4 aromatic rings. The topological polar surface area (TPSA) is 55.7 Å². The molecule has 6 heteroatoms. The zero-order valence-corrected chi connectivity index (χ0v) is 14.2. The molecule has 0 saturated carbocycles. The van der Waals surface area contributed by atoms with Crippen molar-refractivity contribution in [2.75, 3.05) is 7.11 Å². The molecule has 0 amide bonds. The summed E-state index contributed by atoms with van der Waals surface area (Å²) in [6.45, 7) is 0.444. The number of methoxy groups -OCH3 is 1. The summed E-state index contributed by atoms with van der Waals surface area (Å²) < 4.78 is 22.1. The van der Waals surface area contributed by atoms with Crippen LogP contribution in [0.2, 0.25) is 0 Å². The number of aromatic amines is 1. The van der Waals surface area contributed by atoms with E-state index in [0.29, 0.717) is 29.2 Å². The van der Waals surface area contributed by atoms with Crippen LogP contribution in [-0.4, -0.2) is 26.6 Å². The summed E-state index contributed by atoms with van der Waals surface area (Å²) in [6, 6.07) is 14.5. The summed E-state index contributed by atoms with van der Waals surface area (Å²) in [7, 11) is 1.54. The van der Waals surface area contributed by atoms with Crippen LogP contribution < -0.4 is 4.74 Å². The molecule has 0 fully saturated rings. The van der Waals surface area contributed by atoms with Crippen molar-refractivity contribution in [3.8, 4) is 28.3 Å². The highest BCUT2D eigenvalue weighted by Gasteiger charge is 2.22. The normalized spacial score (nSPS) is 10.8. The van der Waals surface area contributed by atoms with Gasteiger partial charge in [0.15, 0.2) is 0 Å². The third-order valence-corrected chi connectivity index (χ3v) is 4.19. The first-order valence-electron chi connectivity index (χ1n) is 8.19. The van der Waals surface area contributed by atoms with Crippen LogP contribution in [0.1, 0.15) is 5.82 Å². The van der Waals surface area contributed by atoms with Crippen LogP contribution in [0.15, 0.2) is 67.3 Å². The molecule has 2 heterocycles. The maximum Gasteiger partial charge on any atom is 0.136 e. The Kier molecular flexibility index (Phi) is 4.23. The van der Waals surface area contributed by atoms with Gasteiger partial charge in [-0.25, -0.2) is 14.4 Å². The van der Waals surface area contributed by atoms with Gasteiger partial charge in [-0.2, -0.15) is 0 Å². The molecule has 0 atom stereocenters. The van der Waals surface area contributed by atoms with Crippen LogP contribution in [0.5, 0.6) is 5.75 Å². The van der Waals surface area contributed by atoms with Crippen LogP contribution in [0, 0.1) is 5.82 Å². The Balaban J connectivity index is 1.95. The maximum atomic E-state index is 14.8. The Hall–Kier alpha value is -3.41. The molecule has 2 aromatic carbocycles. The van der Waals surface area contributed by atoms with Crippen LogP contribution >= 0.6 is 0 Å². The molecule has 0 radical (unpaired) electrons. The summed E-state index contributed by atoms with van der Waals surface area (Å²) in [5.74, 6) is 0.865. The van der Waals surface area contributed by atoms with E-state index in [-0.39, 0.29) is 5.82 Å². The lowest BCUT2D eigenvalue weighted by Crippen LogP contribution is -2.04. The van der Waals surface area contributed by atoms with Crippen molar-refractivity contribution in [3.05, 3.63) is 78.9 Å². The van der Waals surface area contributed by atoms with Gasteiger partial charge in [0.25, 0.3) is 0 Å². The van der Waals surface area contributed by atoms with Crippen LogP contribution in [0.3, 0.4) is 0 Å². The number of nitrogens with one attached hydrogen (secondary N) is 1. The summed E-state index contributed by atoms with van der Waals surface area (Å²) in [6.07, 6.45) is 5.15. The van der Waals surface area contributed by atoms with Gasteiger partial charge in [-0.15, -0.1) is 0 Å². The largest absolute Gasteiger partial charge is 0.496 e. The van der Waals surface area contributed by atoms with Gasteiger partial charge in [0.1, 0.15) is 17.4 Å². The van der Waals surface area contributed by atoms with Gasteiger partial charge in [-0.1, -0.05) is 36.4 Å². The Morgan fingerprint density at radius 3 is 2.65 bits per heavy atom. The van der Waals surface area contributed by atoms with Crippen molar-refractivity contribution in [2.24, 2.45) is 0 Å². The molecule has 4 rings (SSSR count). The second kappa shape index (κ2) is 6.84. The van der Waals surface area contributed by atoms with Gasteiger partial charge in [-0.3, -0.25) is 0 Å². The van der Waals surface area contributed by atoms with E-state index in [1.54, 1.807) is 30.9 Å². The van der Waals surface area contributed by atoms with E-state index < -0.39 is 0 Å². The highest BCUT2D eigenvalue weighted by atomic mass is 19.1. The van der Waals surface area contributed by atoms with Crippen LogP contribution in [-0.2, 0) is 6.54 Å². The van der Waals surface area contributed by atoms with Gasteiger partial charge in [0.2, 0.25) is 0 Å². The summed E-state index contributed by atoms with van der Waals surface area (Å²) >= 11 is 0. The first-order chi connectivity index (χ1) is 12.8. The van der Waals surface area contributed by atoms with Crippen LogP contribution in [0.25, 0.3) is 22.5 Å². The monoisotopic (exact) mass is 348 g/mol. The maximum absolute atomic E-state index is 14.8. The fourth-order valence-corrected chi connectivity index (χ4v) is 3.02. The minimum absolute atomic E-state index is 0.359. The third-order valence-electron chi connectivity index (χ3n) is 4.19. The molecule has 0 saturated heterocycles. The fourth-order valence-electron chi connectivity index (χ4n) is 3.02. The Morgan fingerprint density at radius 2 is 1.92 bits per heavy atom. The number of rotatable bonds is 5. The van der Waals surface area contributed by atoms with Crippen LogP contribution in [0.4, 0.5) is 4.39 Å². The number of ether oxygens (including phenoxy) is 1. The fraction of sp³-hybridized carbons (Fsp3) is 0.100. The smallest absolute Gasteiger partial charge is 0.136 e. The standard InChI is InChI=1S/C20H17FN4O/c1-26-16-9-5-8-15(21)18(16)20-19(14-6-3-2-4-7-14)24-13-25(20)12-17-22-10-11-23-17/h2-11,13H,12H2,1H3,(H,22,23). The minimum Gasteiger partial charge on any atom is -0.496 e. The lowest BCUT2D eigenvalue weighted by molar-refractivity contribution is 0.413. The van der Waals surface area contributed by atoms with E-state index in [9.17, 15) is 4.39 Å². The molecule has 0 aliphatic rings. The lowest BCUT2D eigenvalue weighted by atomic mass is 10.0. The van der Waals surface area contributed by atoms with Gasteiger partial charge in [-0.05, 0) is 12.1 Å². The zero-order chi connectivity index (χ0) is 17.9. The molecule has 0 spiro atoms. The van der Waals surface area contributed by atoms with Gasteiger partial charge in [0, 0.05) is 18.0 Å². The first kappa shape index (κ1) is 16.1. The number of benzene rings is 2. The Bertz CT molecular complexity index is 1010. The number of hydrogen-bond acceptors (Lipinski definition) is 3. The van der Waals surface area contributed by atoms with Crippen molar-refractivity contribution in [1.29, 1.82) is 0 Å². The molecule has 0 bridgehead atoms. The van der Waals surface area contributed by atoms with E-state index in [0.717, 1.165) is 11.4 Å². The molecular formula is C20H17FN4O.